The number of aryl methyl sites for hydroxylation is 2. The summed E-state index contributed by atoms with van der Waals surface area (Å²) in [5.41, 5.74) is 2.74. The van der Waals surface area contributed by atoms with E-state index in [9.17, 15) is 4.79 Å². The van der Waals surface area contributed by atoms with Crippen molar-refractivity contribution in [3.63, 3.8) is 0 Å². The first-order valence-corrected chi connectivity index (χ1v) is 9.76. The number of aromatic nitrogens is 4. The highest BCUT2D eigenvalue weighted by atomic mass is 16.5. The van der Waals surface area contributed by atoms with Gasteiger partial charge in [0.05, 0.1) is 12.1 Å². The van der Waals surface area contributed by atoms with Gasteiger partial charge in [0.1, 0.15) is 11.6 Å². The fourth-order valence-electron chi connectivity index (χ4n) is 3.78. The summed E-state index contributed by atoms with van der Waals surface area (Å²) in [6.45, 7) is 5.31. The van der Waals surface area contributed by atoms with E-state index in [4.69, 9.17) is 4.52 Å². The molecule has 0 spiro atoms. The Morgan fingerprint density at radius 2 is 1.96 bits per heavy atom. The van der Waals surface area contributed by atoms with Crippen molar-refractivity contribution in [1.29, 1.82) is 0 Å². The topological polar surface area (TPSA) is 87.9 Å². The molecule has 146 valence electrons. The minimum Gasteiger partial charge on any atom is -0.361 e. The van der Waals surface area contributed by atoms with Gasteiger partial charge in [-0.2, -0.15) is 5.10 Å². The highest BCUT2D eigenvalue weighted by Gasteiger charge is 2.25. The molecule has 7 nitrogen and oxygen atoms in total. The lowest BCUT2D eigenvalue weighted by Crippen LogP contribution is -2.39. The minimum atomic E-state index is 0.152. The van der Waals surface area contributed by atoms with Gasteiger partial charge in [-0.15, -0.1) is 0 Å². The fourth-order valence-corrected chi connectivity index (χ4v) is 3.78. The zero-order chi connectivity index (χ0) is 19.5. The number of piperidine rings is 1. The smallest absolute Gasteiger partial charge is 0.227 e. The van der Waals surface area contributed by atoms with E-state index in [1.807, 2.05) is 49.1 Å². The lowest BCUT2D eigenvalue weighted by Gasteiger charge is -2.31. The van der Waals surface area contributed by atoms with Gasteiger partial charge >= 0.3 is 0 Å². The van der Waals surface area contributed by atoms with Crippen LogP contribution in [0.25, 0.3) is 11.4 Å². The largest absolute Gasteiger partial charge is 0.361 e. The molecule has 7 heteroatoms. The third kappa shape index (κ3) is 3.98. The number of rotatable bonds is 5. The molecule has 3 aromatic rings. The molecule has 28 heavy (non-hydrogen) atoms. The predicted molar refractivity (Wildman–Crippen MR) is 105 cm³/mol. The Bertz CT molecular complexity index is 919. The molecule has 1 amide bonds. The lowest BCUT2D eigenvalue weighted by molar-refractivity contribution is -0.131. The third-order valence-electron chi connectivity index (χ3n) is 5.52. The van der Waals surface area contributed by atoms with Crippen molar-refractivity contribution in [2.75, 3.05) is 13.1 Å². The maximum absolute atomic E-state index is 12.6. The summed E-state index contributed by atoms with van der Waals surface area (Å²) in [7, 11) is 0. The van der Waals surface area contributed by atoms with Crippen LogP contribution in [-0.4, -0.2) is 44.2 Å². The Balaban J connectivity index is 1.30. The number of nitrogens with one attached hydrogen (secondary N) is 1. The van der Waals surface area contributed by atoms with Crippen LogP contribution in [-0.2, 0) is 17.6 Å². The van der Waals surface area contributed by atoms with Crippen LogP contribution in [0.3, 0.4) is 0 Å². The monoisotopic (exact) mass is 379 g/mol. The molecule has 0 radical (unpaired) electrons. The molecular weight excluding hydrogens is 354 g/mol. The number of aromatic amines is 1. The molecule has 1 aliphatic heterocycles. The summed E-state index contributed by atoms with van der Waals surface area (Å²) in [6, 6.07) is 9.98. The second-order valence-corrected chi connectivity index (χ2v) is 7.48. The van der Waals surface area contributed by atoms with Crippen LogP contribution >= 0.6 is 0 Å². The van der Waals surface area contributed by atoms with Gasteiger partial charge in [-0.1, -0.05) is 35.5 Å². The molecule has 0 atom stereocenters. The van der Waals surface area contributed by atoms with E-state index in [2.05, 4.69) is 20.3 Å². The molecule has 1 aliphatic rings. The quantitative estimate of drug-likeness (QED) is 0.736. The Labute approximate surface area is 164 Å². The van der Waals surface area contributed by atoms with Gasteiger partial charge < -0.3 is 9.42 Å². The van der Waals surface area contributed by atoms with Crippen LogP contribution in [0.15, 0.2) is 34.9 Å². The van der Waals surface area contributed by atoms with Gasteiger partial charge in [0.15, 0.2) is 5.82 Å². The van der Waals surface area contributed by atoms with E-state index in [0.717, 1.165) is 66.6 Å². The Morgan fingerprint density at radius 1 is 1.21 bits per heavy atom. The number of carbonyl (C=O) groups is 1. The van der Waals surface area contributed by atoms with Gasteiger partial charge in [-0.3, -0.25) is 9.89 Å². The average molecular weight is 379 g/mol. The summed E-state index contributed by atoms with van der Waals surface area (Å²) < 4.78 is 5.16. The first-order valence-electron chi connectivity index (χ1n) is 9.76. The Kier molecular flexibility index (Phi) is 5.23. The van der Waals surface area contributed by atoms with Crippen LogP contribution in [0.4, 0.5) is 0 Å². The van der Waals surface area contributed by atoms with Crippen molar-refractivity contribution >= 4 is 5.91 Å². The summed E-state index contributed by atoms with van der Waals surface area (Å²) >= 11 is 0. The van der Waals surface area contributed by atoms with Gasteiger partial charge in [0.25, 0.3) is 0 Å². The van der Waals surface area contributed by atoms with Crippen LogP contribution in [0.2, 0.25) is 0 Å². The van der Waals surface area contributed by atoms with E-state index < -0.39 is 0 Å². The summed E-state index contributed by atoms with van der Waals surface area (Å²) in [6.07, 6.45) is 3.20. The van der Waals surface area contributed by atoms with Crippen molar-refractivity contribution in [1.82, 2.24) is 25.2 Å². The normalized spacial score (nSPS) is 15.1. The third-order valence-corrected chi connectivity index (χ3v) is 5.52. The lowest BCUT2D eigenvalue weighted by atomic mass is 9.93. The van der Waals surface area contributed by atoms with Crippen molar-refractivity contribution < 1.29 is 9.32 Å². The molecule has 0 aliphatic carbocycles. The maximum atomic E-state index is 12.6. The van der Waals surface area contributed by atoms with Crippen LogP contribution in [0.5, 0.6) is 0 Å². The van der Waals surface area contributed by atoms with Crippen LogP contribution in [0.1, 0.15) is 35.7 Å². The molecule has 1 saturated heterocycles. The Morgan fingerprint density at radius 3 is 2.64 bits per heavy atom. The van der Waals surface area contributed by atoms with E-state index in [1.54, 1.807) is 0 Å². The number of H-pyrrole nitrogens is 1. The Hall–Kier alpha value is -2.96. The zero-order valence-corrected chi connectivity index (χ0v) is 16.3. The highest BCUT2D eigenvalue weighted by molar-refractivity contribution is 5.79. The van der Waals surface area contributed by atoms with E-state index in [-0.39, 0.29) is 5.91 Å². The number of amides is 1. The van der Waals surface area contributed by atoms with Crippen molar-refractivity contribution in [2.24, 2.45) is 5.92 Å². The molecule has 0 saturated carbocycles. The van der Waals surface area contributed by atoms with Crippen molar-refractivity contribution in [3.05, 3.63) is 53.2 Å². The van der Waals surface area contributed by atoms with Gasteiger partial charge in [0, 0.05) is 30.6 Å². The molecule has 1 N–H and O–H groups in total. The van der Waals surface area contributed by atoms with Gasteiger partial charge in [-0.05, 0) is 32.6 Å². The number of carbonyl (C=O) groups excluding carboxylic acids is 1. The van der Waals surface area contributed by atoms with E-state index in [1.165, 1.54) is 0 Å². The number of nitrogens with zero attached hydrogens (tertiary/aromatic N) is 4. The number of benzene rings is 1. The molecular formula is C21H25N5O2. The minimum absolute atomic E-state index is 0.152. The number of likely N-dealkylation sites (tertiary alicyclic amines) is 1. The zero-order valence-electron chi connectivity index (χ0n) is 16.3. The molecule has 0 unspecified atom stereocenters. The SMILES string of the molecule is Cc1noc(C)c1CC(=O)N1CCC(Cc2nc(-c3ccccc3)n[nH]2)CC1. The fraction of sp³-hybridized carbons (Fsp3) is 0.429. The number of hydrogen-bond acceptors (Lipinski definition) is 5. The van der Waals surface area contributed by atoms with Gasteiger partial charge in [-0.25, -0.2) is 4.98 Å². The second-order valence-electron chi connectivity index (χ2n) is 7.48. The van der Waals surface area contributed by atoms with Crippen LogP contribution in [0, 0.1) is 19.8 Å². The molecule has 1 aromatic carbocycles. The second kappa shape index (κ2) is 7.96. The maximum Gasteiger partial charge on any atom is 0.227 e. The molecule has 3 heterocycles. The number of hydrogen-bond donors (Lipinski definition) is 1. The van der Waals surface area contributed by atoms with Crippen molar-refractivity contribution in [2.45, 2.75) is 39.5 Å². The first kappa shape index (κ1) is 18.4. The van der Waals surface area contributed by atoms with E-state index >= 15 is 0 Å². The average Bonchev–Trinajstić information content (AvgIpc) is 3.31. The predicted octanol–water partition coefficient (Wildman–Crippen LogP) is 3.10. The van der Waals surface area contributed by atoms with Crippen LogP contribution < -0.4 is 0 Å². The van der Waals surface area contributed by atoms with Crippen molar-refractivity contribution in [3.8, 4) is 11.4 Å². The summed E-state index contributed by atoms with van der Waals surface area (Å²) in [5, 5.41) is 11.3. The molecule has 1 fully saturated rings. The molecule has 2 aromatic heterocycles. The summed E-state index contributed by atoms with van der Waals surface area (Å²) in [5.74, 6) is 3.06. The van der Waals surface area contributed by atoms with E-state index in [0.29, 0.717) is 12.3 Å². The standard InChI is InChI=1S/C21H25N5O2/c1-14-18(15(2)28-25-14)13-20(27)26-10-8-16(9-11-26)12-19-22-21(24-23-19)17-6-4-3-5-7-17/h3-7,16H,8-13H2,1-2H3,(H,22,23,24). The first-order chi connectivity index (χ1) is 13.6. The highest BCUT2D eigenvalue weighted by Crippen LogP contribution is 2.23. The molecule has 0 bridgehead atoms. The molecule has 4 rings (SSSR count). The summed E-state index contributed by atoms with van der Waals surface area (Å²) in [4.78, 5) is 19.2. The van der Waals surface area contributed by atoms with Gasteiger partial charge in [0.2, 0.25) is 5.91 Å².